The van der Waals surface area contributed by atoms with E-state index in [1.54, 1.807) is 6.92 Å². The number of aromatic carboxylic acids is 1. The molecular weight excluding hydrogens is 286 g/mol. The fraction of sp³-hybridized carbons (Fsp3) is 0.333. The van der Waals surface area contributed by atoms with Gasteiger partial charge < -0.3 is 9.84 Å². The molecule has 0 heterocycles. The molecule has 0 bridgehead atoms. The first-order valence-electron chi connectivity index (χ1n) is 5.73. The summed E-state index contributed by atoms with van der Waals surface area (Å²) in [4.78, 5) is 21.8. The molecule has 8 heteroatoms. The Morgan fingerprint density at radius 2 is 1.80 bits per heavy atom. The molecule has 7 nitrogen and oxygen atoms in total. The van der Waals surface area contributed by atoms with E-state index >= 15 is 0 Å². The van der Waals surface area contributed by atoms with Crippen LogP contribution in [0.3, 0.4) is 0 Å². The Morgan fingerprint density at radius 1 is 1.25 bits per heavy atom. The molecule has 1 N–H and O–H groups in total. The van der Waals surface area contributed by atoms with Crippen molar-refractivity contribution in [1.29, 1.82) is 0 Å². The number of hydrogen-bond donors (Lipinski definition) is 1. The van der Waals surface area contributed by atoms with E-state index in [1.165, 1.54) is 31.4 Å². The van der Waals surface area contributed by atoms with Crippen LogP contribution < -0.4 is 0 Å². The van der Waals surface area contributed by atoms with Crippen LogP contribution in [0.1, 0.15) is 17.3 Å². The molecule has 1 aromatic rings. The number of likely N-dealkylation sites (N-methyl/N-ethyl adjacent to an activating group) is 1. The van der Waals surface area contributed by atoms with Gasteiger partial charge in [-0.1, -0.05) is 6.92 Å². The lowest BCUT2D eigenvalue weighted by molar-refractivity contribution is -0.140. The van der Waals surface area contributed by atoms with Gasteiger partial charge in [-0.25, -0.2) is 13.2 Å². The van der Waals surface area contributed by atoms with E-state index in [-0.39, 0.29) is 17.0 Å². The molecule has 0 aromatic heterocycles. The summed E-state index contributed by atoms with van der Waals surface area (Å²) in [5.74, 6) is -1.81. The highest BCUT2D eigenvalue weighted by Gasteiger charge is 2.25. The number of carboxylic acid groups (broad SMARTS) is 1. The predicted octanol–water partition coefficient (Wildman–Crippen LogP) is 0.568. The number of hydrogen-bond acceptors (Lipinski definition) is 5. The van der Waals surface area contributed by atoms with Gasteiger partial charge in [0.05, 0.1) is 17.6 Å². The molecule has 110 valence electrons. The monoisotopic (exact) mass is 301 g/mol. The molecule has 0 radical (unpaired) electrons. The Kier molecular flexibility index (Phi) is 5.23. The number of carboxylic acids is 1. The number of nitrogens with zero attached hydrogens (tertiary/aromatic N) is 1. The minimum absolute atomic E-state index is 0.0139. The highest BCUT2D eigenvalue weighted by Crippen LogP contribution is 2.16. The number of carbonyl (C=O) groups is 2. The Morgan fingerprint density at radius 3 is 2.20 bits per heavy atom. The normalized spacial score (nSPS) is 11.3. The first-order valence-corrected chi connectivity index (χ1v) is 7.17. The number of carbonyl (C=O) groups excluding carboxylic acids is 1. The standard InChI is InChI=1S/C12H15NO6S/c1-3-13(8-11(14)19-2)20(17,18)10-6-4-9(5-7-10)12(15)16/h4-7H,3,8H2,1-2H3,(H,15,16). The summed E-state index contributed by atoms with van der Waals surface area (Å²) >= 11 is 0. The Balaban J connectivity index is 3.07. The number of ether oxygens (including phenoxy) is 1. The molecule has 0 aliphatic rings. The van der Waals surface area contributed by atoms with Gasteiger partial charge in [-0.2, -0.15) is 4.31 Å². The number of esters is 1. The SMILES string of the molecule is CCN(CC(=O)OC)S(=O)(=O)c1ccc(C(=O)O)cc1. The average molecular weight is 301 g/mol. The number of sulfonamides is 1. The van der Waals surface area contributed by atoms with E-state index < -0.39 is 28.5 Å². The summed E-state index contributed by atoms with van der Waals surface area (Å²) in [6.45, 7) is 1.29. The van der Waals surface area contributed by atoms with Crippen LogP contribution >= 0.6 is 0 Å². The summed E-state index contributed by atoms with van der Waals surface area (Å²) in [5.41, 5.74) is -0.0139. The molecule has 0 atom stereocenters. The van der Waals surface area contributed by atoms with Crippen LogP contribution in [0, 0.1) is 0 Å². The second-order valence-corrected chi connectivity index (χ2v) is 5.77. The van der Waals surface area contributed by atoms with Crippen LogP contribution in [0.25, 0.3) is 0 Å². The lowest BCUT2D eigenvalue weighted by atomic mass is 10.2. The van der Waals surface area contributed by atoms with Gasteiger partial charge in [-0.15, -0.1) is 0 Å². The van der Waals surface area contributed by atoms with Gasteiger partial charge in [0.2, 0.25) is 10.0 Å². The van der Waals surface area contributed by atoms with Crippen molar-refractivity contribution >= 4 is 22.0 Å². The lowest BCUT2D eigenvalue weighted by Gasteiger charge is -2.19. The van der Waals surface area contributed by atoms with Gasteiger partial charge in [0.25, 0.3) is 0 Å². The molecule has 0 spiro atoms. The van der Waals surface area contributed by atoms with Crippen molar-refractivity contribution in [3.63, 3.8) is 0 Å². The third-order valence-electron chi connectivity index (χ3n) is 2.62. The maximum absolute atomic E-state index is 12.3. The molecule has 0 fully saturated rings. The van der Waals surface area contributed by atoms with Crippen LogP contribution in [-0.4, -0.2) is 50.0 Å². The Hall–Kier alpha value is -1.93. The average Bonchev–Trinajstić information content (AvgIpc) is 2.44. The molecule has 1 rings (SSSR count). The Labute approximate surface area is 116 Å². The van der Waals surface area contributed by atoms with Crippen molar-refractivity contribution < 1.29 is 27.9 Å². The lowest BCUT2D eigenvalue weighted by Crippen LogP contribution is -2.36. The largest absolute Gasteiger partial charge is 0.478 e. The second-order valence-electron chi connectivity index (χ2n) is 3.84. The number of benzene rings is 1. The van der Waals surface area contributed by atoms with Gasteiger partial charge in [0.15, 0.2) is 0 Å². The van der Waals surface area contributed by atoms with E-state index in [1.807, 2.05) is 0 Å². The van der Waals surface area contributed by atoms with Crippen molar-refractivity contribution in [3.8, 4) is 0 Å². The van der Waals surface area contributed by atoms with Crippen LogP contribution in [0.5, 0.6) is 0 Å². The van der Waals surface area contributed by atoms with Crippen LogP contribution in [0.15, 0.2) is 29.2 Å². The topological polar surface area (TPSA) is 101 Å². The molecule has 20 heavy (non-hydrogen) atoms. The van der Waals surface area contributed by atoms with Gasteiger partial charge in [-0.3, -0.25) is 4.79 Å². The molecule has 0 saturated heterocycles. The Bertz CT molecular complexity index is 593. The predicted molar refractivity (Wildman–Crippen MR) is 69.9 cm³/mol. The summed E-state index contributed by atoms with van der Waals surface area (Å²) in [6, 6.07) is 4.78. The minimum Gasteiger partial charge on any atom is -0.478 e. The molecule has 0 aliphatic carbocycles. The van der Waals surface area contributed by atoms with Crippen LogP contribution in [-0.2, 0) is 19.6 Å². The maximum atomic E-state index is 12.3. The highest BCUT2D eigenvalue weighted by molar-refractivity contribution is 7.89. The molecular formula is C12H15NO6S. The van der Waals surface area contributed by atoms with Gasteiger partial charge in [0, 0.05) is 6.54 Å². The van der Waals surface area contributed by atoms with Gasteiger partial charge in [0.1, 0.15) is 6.54 Å². The fourth-order valence-electron chi connectivity index (χ4n) is 1.49. The zero-order chi connectivity index (χ0) is 15.3. The van der Waals surface area contributed by atoms with Crippen molar-refractivity contribution in [3.05, 3.63) is 29.8 Å². The molecule has 0 aliphatic heterocycles. The fourth-order valence-corrected chi connectivity index (χ4v) is 2.89. The second kappa shape index (κ2) is 6.49. The summed E-state index contributed by atoms with van der Waals surface area (Å²) in [7, 11) is -2.69. The van der Waals surface area contributed by atoms with Crippen LogP contribution in [0.4, 0.5) is 0 Å². The minimum atomic E-state index is -3.86. The van der Waals surface area contributed by atoms with E-state index in [2.05, 4.69) is 4.74 Å². The van der Waals surface area contributed by atoms with Crippen molar-refractivity contribution in [2.75, 3.05) is 20.2 Å². The van der Waals surface area contributed by atoms with Crippen molar-refractivity contribution in [2.45, 2.75) is 11.8 Å². The van der Waals surface area contributed by atoms with Crippen molar-refractivity contribution in [1.82, 2.24) is 4.31 Å². The molecule has 1 aromatic carbocycles. The molecule has 0 unspecified atom stereocenters. The summed E-state index contributed by atoms with van der Waals surface area (Å²) < 4.78 is 29.9. The van der Waals surface area contributed by atoms with E-state index in [9.17, 15) is 18.0 Å². The quantitative estimate of drug-likeness (QED) is 0.771. The van der Waals surface area contributed by atoms with E-state index in [0.717, 1.165) is 4.31 Å². The number of rotatable bonds is 6. The third kappa shape index (κ3) is 3.55. The molecule has 0 saturated carbocycles. The third-order valence-corrected chi connectivity index (χ3v) is 4.56. The summed E-state index contributed by atoms with van der Waals surface area (Å²) in [6.07, 6.45) is 0. The first kappa shape index (κ1) is 16.1. The van der Waals surface area contributed by atoms with E-state index in [4.69, 9.17) is 5.11 Å². The van der Waals surface area contributed by atoms with Gasteiger partial charge >= 0.3 is 11.9 Å². The maximum Gasteiger partial charge on any atom is 0.335 e. The van der Waals surface area contributed by atoms with Crippen LogP contribution in [0.2, 0.25) is 0 Å². The zero-order valence-corrected chi connectivity index (χ0v) is 11.9. The van der Waals surface area contributed by atoms with Gasteiger partial charge in [-0.05, 0) is 24.3 Å². The molecule has 0 amide bonds. The smallest absolute Gasteiger partial charge is 0.335 e. The van der Waals surface area contributed by atoms with E-state index in [0.29, 0.717) is 0 Å². The summed E-state index contributed by atoms with van der Waals surface area (Å²) in [5, 5.41) is 8.76. The highest BCUT2D eigenvalue weighted by atomic mass is 32.2. The first-order chi connectivity index (χ1) is 9.32. The van der Waals surface area contributed by atoms with Crippen molar-refractivity contribution in [2.24, 2.45) is 0 Å². The zero-order valence-electron chi connectivity index (χ0n) is 11.1. The number of methoxy groups -OCH3 is 1.